The first-order chi connectivity index (χ1) is 10.4. The lowest BCUT2D eigenvalue weighted by Gasteiger charge is -2.37. The Balaban J connectivity index is 2.29. The van der Waals surface area contributed by atoms with E-state index in [2.05, 4.69) is 4.72 Å². The van der Waals surface area contributed by atoms with Crippen molar-refractivity contribution in [3.8, 4) is 0 Å². The van der Waals surface area contributed by atoms with Crippen LogP contribution in [0.15, 0.2) is 23.1 Å². The molecule has 23 heavy (non-hydrogen) atoms. The SMILES string of the molecule is Cc1cc(NS(=O)(=O)N2CCCC(C)(C)C2)cc(S(C)(=O)=O)c1. The van der Waals surface area contributed by atoms with Crippen molar-refractivity contribution in [2.45, 2.75) is 38.5 Å². The van der Waals surface area contributed by atoms with E-state index in [1.807, 2.05) is 13.8 Å². The van der Waals surface area contributed by atoms with Gasteiger partial charge in [-0.15, -0.1) is 0 Å². The molecule has 1 fully saturated rings. The van der Waals surface area contributed by atoms with Crippen molar-refractivity contribution in [3.05, 3.63) is 23.8 Å². The second-order valence-corrected chi connectivity index (χ2v) is 10.7. The predicted molar refractivity (Wildman–Crippen MR) is 91.4 cm³/mol. The van der Waals surface area contributed by atoms with E-state index in [4.69, 9.17) is 0 Å². The predicted octanol–water partition coefficient (Wildman–Crippen LogP) is 2.18. The molecule has 1 aromatic rings. The van der Waals surface area contributed by atoms with Gasteiger partial charge in [0, 0.05) is 19.3 Å². The van der Waals surface area contributed by atoms with E-state index in [9.17, 15) is 16.8 Å². The van der Waals surface area contributed by atoms with Crippen LogP contribution in [0.3, 0.4) is 0 Å². The van der Waals surface area contributed by atoms with E-state index < -0.39 is 20.0 Å². The van der Waals surface area contributed by atoms with Crippen LogP contribution in [0.4, 0.5) is 5.69 Å². The highest BCUT2D eigenvalue weighted by atomic mass is 32.2. The van der Waals surface area contributed by atoms with Gasteiger partial charge in [-0.2, -0.15) is 12.7 Å². The number of rotatable bonds is 4. The lowest BCUT2D eigenvalue weighted by Crippen LogP contribution is -2.45. The zero-order valence-electron chi connectivity index (χ0n) is 14.0. The second-order valence-electron chi connectivity index (χ2n) is 7.02. The van der Waals surface area contributed by atoms with Gasteiger partial charge in [-0.25, -0.2) is 8.42 Å². The molecule has 0 aliphatic carbocycles. The molecule has 1 aliphatic heterocycles. The van der Waals surface area contributed by atoms with Gasteiger partial charge in [0.2, 0.25) is 0 Å². The van der Waals surface area contributed by atoms with E-state index in [1.54, 1.807) is 13.0 Å². The Labute approximate surface area is 139 Å². The van der Waals surface area contributed by atoms with Crippen molar-refractivity contribution < 1.29 is 16.8 Å². The summed E-state index contributed by atoms with van der Waals surface area (Å²) in [7, 11) is -7.09. The number of piperidine rings is 1. The summed E-state index contributed by atoms with van der Waals surface area (Å²) in [6.45, 7) is 6.75. The van der Waals surface area contributed by atoms with Crippen molar-refractivity contribution in [1.29, 1.82) is 0 Å². The molecule has 8 heteroatoms. The fourth-order valence-electron chi connectivity index (χ4n) is 2.81. The largest absolute Gasteiger partial charge is 0.301 e. The summed E-state index contributed by atoms with van der Waals surface area (Å²) in [5, 5.41) is 0. The topological polar surface area (TPSA) is 83.6 Å². The van der Waals surface area contributed by atoms with Gasteiger partial charge in [0.05, 0.1) is 10.6 Å². The molecule has 1 saturated heterocycles. The van der Waals surface area contributed by atoms with Crippen molar-refractivity contribution in [2.75, 3.05) is 24.1 Å². The summed E-state index contributed by atoms with van der Waals surface area (Å²) in [6, 6.07) is 4.51. The van der Waals surface area contributed by atoms with Crippen LogP contribution in [0.2, 0.25) is 0 Å². The van der Waals surface area contributed by atoms with Crippen LogP contribution in [0.25, 0.3) is 0 Å². The average Bonchev–Trinajstić information content (AvgIpc) is 2.35. The molecule has 0 atom stereocenters. The summed E-state index contributed by atoms with van der Waals surface area (Å²) < 4.78 is 52.5. The molecule has 1 aromatic carbocycles. The lowest BCUT2D eigenvalue weighted by atomic mass is 9.85. The van der Waals surface area contributed by atoms with E-state index in [0.29, 0.717) is 18.7 Å². The zero-order chi connectivity index (χ0) is 17.5. The number of nitrogens with one attached hydrogen (secondary N) is 1. The minimum absolute atomic E-state index is 0.0580. The lowest BCUT2D eigenvalue weighted by molar-refractivity contribution is 0.187. The summed E-state index contributed by atoms with van der Waals surface area (Å²) >= 11 is 0. The van der Waals surface area contributed by atoms with Crippen LogP contribution < -0.4 is 4.72 Å². The molecule has 6 nitrogen and oxygen atoms in total. The van der Waals surface area contributed by atoms with Crippen molar-refractivity contribution >= 4 is 25.7 Å². The highest BCUT2D eigenvalue weighted by molar-refractivity contribution is 7.91. The minimum Gasteiger partial charge on any atom is -0.271 e. The van der Waals surface area contributed by atoms with Crippen molar-refractivity contribution in [1.82, 2.24) is 4.31 Å². The Morgan fingerprint density at radius 3 is 2.35 bits per heavy atom. The van der Waals surface area contributed by atoms with Crippen LogP contribution in [0.5, 0.6) is 0 Å². The number of aryl methyl sites for hydroxylation is 1. The molecule has 0 unspecified atom stereocenters. The fraction of sp³-hybridized carbons (Fsp3) is 0.600. The van der Waals surface area contributed by atoms with Gasteiger partial charge in [-0.3, -0.25) is 4.72 Å². The van der Waals surface area contributed by atoms with Gasteiger partial charge in [-0.1, -0.05) is 13.8 Å². The Bertz CT molecular complexity index is 799. The smallest absolute Gasteiger partial charge is 0.271 e. The van der Waals surface area contributed by atoms with E-state index >= 15 is 0 Å². The van der Waals surface area contributed by atoms with Crippen LogP contribution in [0, 0.1) is 12.3 Å². The molecule has 1 N–H and O–H groups in total. The quantitative estimate of drug-likeness (QED) is 0.892. The van der Waals surface area contributed by atoms with Gasteiger partial charge in [0.1, 0.15) is 0 Å². The van der Waals surface area contributed by atoms with Crippen LogP contribution in [-0.2, 0) is 20.0 Å². The highest BCUT2D eigenvalue weighted by Crippen LogP contribution is 2.30. The summed E-state index contributed by atoms with van der Waals surface area (Å²) in [6.07, 6.45) is 2.91. The van der Waals surface area contributed by atoms with Crippen molar-refractivity contribution in [2.24, 2.45) is 5.41 Å². The van der Waals surface area contributed by atoms with Crippen LogP contribution >= 0.6 is 0 Å². The van der Waals surface area contributed by atoms with Gasteiger partial charge >= 0.3 is 10.2 Å². The van der Waals surface area contributed by atoms with Gasteiger partial charge in [-0.05, 0) is 48.9 Å². The number of nitrogens with zero attached hydrogens (tertiary/aromatic N) is 1. The summed E-state index contributed by atoms with van der Waals surface area (Å²) in [5.74, 6) is 0. The number of anilines is 1. The van der Waals surface area contributed by atoms with Crippen LogP contribution in [0.1, 0.15) is 32.3 Å². The third kappa shape index (κ3) is 4.68. The first-order valence-electron chi connectivity index (χ1n) is 7.49. The third-order valence-corrected chi connectivity index (χ3v) is 6.51. The van der Waals surface area contributed by atoms with Gasteiger partial charge in [0.25, 0.3) is 0 Å². The van der Waals surface area contributed by atoms with Gasteiger partial charge < -0.3 is 0 Å². The molecule has 0 aromatic heterocycles. The molecule has 0 bridgehead atoms. The normalized spacial score (nSPS) is 19.5. The molecule has 0 amide bonds. The van der Waals surface area contributed by atoms with Gasteiger partial charge in [0.15, 0.2) is 9.84 Å². The van der Waals surface area contributed by atoms with E-state index in [0.717, 1.165) is 19.1 Å². The molecular weight excluding hydrogens is 336 g/mol. The maximum atomic E-state index is 12.6. The molecule has 1 aliphatic rings. The standard InChI is InChI=1S/C15H24N2O4S2/c1-12-8-13(10-14(9-12)22(4,18)19)16-23(20,21)17-7-5-6-15(2,3)11-17/h8-10,16H,5-7,11H2,1-4H3. The van der Waals surface area contributed by atoms with Crippen molar-refractivity contribution in [3.63, 3.8) is 0 Å². The molecule has 1 heterocycles. The molecule has 0 saturated carbocycles. The highest BCUT2D eigenvalue weighted by Gasteiger charge is 2.33. The zero-order valence-corrected chi connectivity index (χ0v) is 15.6. The van der Waals surface area contributed by atoms with E-state index in [-0.39, 0.29) is 16.0 Å². The number of benzene rings is 1. The van der Waals surface area contributed by atoms with E-state index in [1.165, 1.54) is 16.4 Å². The second kappa shape index (κ2) is 6.07. The third-order valence-electron chi connectivity index (χ3n) is 3.93. The maximum absolute atomic E-state index is 12.6. The Morgan fingerprint density at radius 2 is 1.78 bits per heavy atom. The Hall–Kier alpha value is -1.12. The van der Waals surface area contributed by atoms with Crippen LogP contribution in [-0.4, -0.2) is 40.5 Å². The molecule has 130 valence electrons. The first-order valence-corrected chi connectivity index (χ1v) is 10.8. The Morgan fingerprint density at radius 1 is 1.13 bits per heavy atom. The summed E-state index contributed by atoms with van der Waals surface area (Å²) in [5.41, 5.74) is 0.899. The number of sulfone groups is 1. The number of hydrogen-bond acceptors (Lipinski definition) is 4. The molecule has 0 radical (unpaired) electrons. The molecule has 2 rings (SSSR count). The summed E-state index contributed by atoms with van der Waals surface area (Å²) in [4.78, 5) is 0.106. The minimum atomic E-state index is -3.70. The first kappa shape index (κ1) is 18.2. The maximum Gasteiger partial charge on any atom is 0.301 e. The average molecular weight is 361 g/mol. The monoisotopic (exact) mass is 360 g/mol. The molecule has 0 spiro atoms. The number of hydrogen-bond donors (Lipinski definition) is 1. The Kier molecular flexibility index (Phi) is 4.81. The fourth-order valence-corrected chi connectivity index (χ4v) is 4.98. The molecular formula is C15H24N2O4S2.